The van der Waals surface area contributed by atoms with Crippen LogP contribution in [0, 0.1) is 0 Å². The van der Waals surface area contributed by atoms with Crippen LogP contribution in [0.15, 0.2) is 41.1 Å². The van der Waals surface area contributed by atoms with Gasteiger partial charge in [0.15, 0.2) is 5.65 Å². The minimum atomic E-state index is -0.555. The number of carbonyl (C=O) groups excluding carboxylic acids is 1. The summed E-state index contributed by atoms with van der Waals surface area (Å²) in [6, 6.07) is 6.89. The molecule has 1 aliphatic rings. The fraction of sp³-hybridized carbons (Fsp3) is 0.316. The molecule has 1 atom stereocenters. The molecule has 3 N–H and O–H groups in total. The van der Waals surface area contributed by atoms with Crippen LogP contribution >= 0.6 is 52.3 Å². The molecule has 0 spiro atoms. The molecule has 162 valence electrons. The Labute approximate surface area is 200 Å². The van der Waals surface area contributed by atoms with E-state index >= 15 is 0 Å². The standard InChI is InChI=1S/C19H20BrClN6O.2ClH/c20-15-11-23-18-14(10-24-25-18)17(15)26-5-7-27(8-6-26)19(28)16(22)9-12-1-3-13(21)4-2-12;;/h1-4,10-11,16H,5-9,22H2,(H,23,24,25);2*1H. The number of hydrogen-bond acceptors (Lipinski definition) is 5. The van der Waals surface area contributed by atoms with Crippen molar-refractivity contribution in [2.45, 2.75) is 12.5 Å². The normalized spacial score (nSPS) is 14.8. The summed E-state index contributed by atoms with van der Waals surface area (Å²) in [4.78, 5) is 21.2. The van der Waals surface area contributed by atoms with Gasteiger partial charge in [0, 0.05) is 37.4 Å². The summed E-state index contributed by atoms with van der Waals surface area (Å²) in [5.41, 5.74) is 8.99. The molecule has 1 unspecified atom stereocenters. The van der Waals surface area contributed by atoms with Crippen LogP contribution in [0.1, 0.15) is 5.56 Å². The number of nitrogens with one attached hydrogen (secondary N) is 1. The second-order valence-corrected chi connectivity index (χ2v) is 8.13. The molecule has 0 bridgehead atoms. The van der Waals surface area contributed by atoms with Crippen LogP contribution in [0.3, 0.4) is 0 Å². The van der Waals surface area contributed by atoms with Crippen molar-refractivity contribution in [1.29, 1.82) is 0 Å². The Kier molecular flexibility index (Phi) is 8.75. The maximum absolute atomic E-state index is 12.8. The molecule has 7 nitrogen and oxygen atoms in total. The predicted molar refractivity (Wildman–Crippen MR) is 128 cm³/mol. The molecule has 1 amide bonds. The van der Waals surface area contributed by atoms with Gasteiger partial charge in [-0.2, -0.15) is 5.10 Å². The van der Waals surface area contributed by atoms with Gasteiger partial charge < -0.3 is 15.5 Å². The average molecular weight is 537 g/mol. The van der Waals surface area contributed by atoms with Gasteiger partial charge in [0.05, 0.1) is 27.8 Å². The van der Waals surface area contributed by atoms with Crippen LogP contribution < -0.4 is 10.6 Å². The SMILES string of the molecule is Cl.Cl.NC(Cc1ccc(Cl)cc1)C(=O)N1CCN(c2c(Br)cnc3[nH]ncc23)CC1. The Bertz CT molecular complexity index is 992. The van der Waals surface area contributed by atoms with Crippen molar-refractivity contribution in [3.8, 4) is 0 Å². The zero-order valence-electron chi connectivity index (χ0n) is 15.9. The van der Waals surface area contributed by atoms with Gasteiger partial charge in [-0.05, 0) is 40.0 Å². The number of anilines is 1. The Hall–Kier alpha value is -1.58. The number of hydrogen-bond donors (Lipinski definition) is 2. The number of halogens is 4. The number of nitrogens with zero attached hydrogens (tertiary/aromatic N) is 4. The largest absolute Gasteiger partial charge is 0.366 e. The van der Waals surface area contributed by atoms with Crippen LogP contribution in [0.2, 0.25) is 5.02 Å². The molecule has 4 rings (SSSR count). The summed E-state index contributed by atoms with van der Waals surface area (Å²) in [5, 5.41) is 8.62. The van der Waals surface area contributed by atoms with Gasteiger partial charge in [0.1, 0.15) is 0 Å². The number of rotatable bonds is 4. The van der Waals surface area contributed by atoms with E-state index in [1.807, 2.05) is 29.2 Å². The third-order valence-corrected chi connectivity index (χ3v) is 5.83. The molecule has 0 saturated carbocycles. The Balaban J connectivity index is 0.00000160. The van der Waals surface area contributed by atoms with E-state index in [1.54, 1.807) is 12.4 Å². The predicted octanol–water partition coefficient (Wildman–Crippen LogP) is 3.44. The molecule has 3 heterocycles. The minimum Gasteiger partial charge on any atom is -0.366 e. The first-order chi connectivity index (χ1) is 13.5. The van der Waals surface area contributed by atoms with E-state index in [1.165, 1.54) is 0 Å². The van der Waals surface area contributed by atoms with Gasteiger partial charge in [-0.15, -0.1) is 24.8 Å². The van der Waals surface area contributed by atoms with E-state index in [9.17, 15) is 4.79 Å². The van der Waals surface area contributed by atoms with Crippen LogP contribution in [-0.2, 0) is 11.2 Å². The van der Waals surface area contributed by atoms with Crippen molar-refractivity contribution in [2.24, 2.45) is 5.73 Å². The third kappa shape index (κ3) is 5.18. The van der Waals surface area contributed by atoms with Crippen molar-refractivity contribution in [3.63, 3.8) is 0 Å². The second-order valence-electron chi connectivity index (χ2n) is 6.84. The lowest BCUT2D eigenvalue weighted by molar-refractivity contribution is -0.132. The lowest BCUT2D eigenvalue weighted by atomic mass is 10.1. The molecule has 30 heavy (non-hydrogen) atoms. The number of piperazine rings is 1. The highest BCUT2D eigenvalue weighted by Crippen LogP contribution is 2.33. The maximum Gasteiger partial charge on any atom is 0.239 e. The van der Waals surface area contributed by atoms with Crippen LogP contribution in [0.25, 0.3) is 11.0 Å². The Morgan fingerprint density at radius 1 is 1.17 bits per heavy atom. The third-order valence-electron chi connectivity index (χ3n) is 5.00. The zero-order chi connectivity index (χ0) is 19.7. The number of nitrogens with two attached hydrogens (primary N) is 1. The molecular weight excluding hydrogens is 515 g/mol. The number of carbonyl (C=O) groups is 1. The second kappa shape index (κ2) is 10.6. The first-order valence-electron chi connectivity index (χ1n) is 9.04. The first-order valence-corrected chi connectivity index (χ1v) is 10.2. The number of H-pyrrole nitrogens is 1. The first kappa shape index (κ1) is 24.7. The average Bonchev–Trinajstić information content (AvgIpc) is 3.18. The van der Waals surface area contributed by atoms with Crippen LogP contribution in [0.4, 0.5) is 5.69 Å². The number of aromatic nitrogens is 3. The fourth-order valence-corrected chi connectivity index (χ4v) is 4.22. The van der Waals surface area contributed by atoms with E-state index < -0.39 is 6.04 Å². The molecule has 1 saturated heterocycles. The molecule has 1 fully saturated rings. The summed E-state index contributed by atoms with van der Waals surface area (Å²) >= 11 is 9.50. The van der Waals surface area contributed by atoms with Gasteiger partial charge in [-0.25, -0.2) is 4.98 Å². The van der Waals surface area contributed by atoms with Gasteiger partial charge >= 0.3 is 0 Å². The molecule has 2 aromatic heterocycles. The smallest absolute Gasteiger partial charge is 0.239 e. The van der Waals surface area contributed by atoms with E-state index in [4.69, 9.17) is 17.3 Å². The van der Waals surface area contributed by atoms with E-state index in [0.29, 0.717) is 24.5 Å². The number of amides is 1. The molecule has 1 aromatic carbocycles. The lowest BCUT2D eigenvalue weighted by Crippen LogP contribution is -2.53. The number of aromatic amines is 1. The topological polar surface area (TPSA) is 91.1 Å². The molecular formula is C19H22BrCl3N6O. The quantitative estimate of drug-likeness (QED) is 0.533. The van der Waals surface area contributed by atoms with E-state index in [2.05, 4.69) is 36.0 Å². The number of pyridine rings is 1. The molecule has 3 aromatic rings. The highest BCUT2D eigenvalue weighted by atomic mass is 79.9. The summed E-state index contributed by atoms with van der Waals surface area (Å²) in [7, 11) is 0. The monoisotopic (exact) mass is 534 g/mol. The minimum absolute atomic E-state index is 0. The van der Waals surface area contributed by atoms with E-state index in [-0.39, 0.29) is 30.7 Å². The van der Waals surface area contributed by atoms with Crippen molar-refractivity contribution in [1.82, 2.24) is 20.1 Å². The van der Waals surface area contributed by atoms with Crippen molar-refractivity contribution >= 4 is 75.0 Å². The number of fused-ring (bicyclic) bond motifs is 1. The van der Waals surface area contributed by atoms with Crippen molar-refractivity contribution < 1.29 is 4.79 Å². The molecule has 0 aliphatic carbocycles. The summed E-state index contributed by atoms with van der Waals surface area (Å²) in [5.74, 6) is -0.0168. The van der Waals surface area contributed by atoms with Crippen LogP contribution in [-0.4, -0.2) is 58.2 Å². The van der Waals surface area contributed by atoms with Crippen molar-refractivity contribution in [2.75, 3.05) is 31.1 Å². The van der Waals surface area contributed by atoms with Gasteiger partial charge in [-0.1, -0.05) is 23.7 Å². The highest BCUT2D eigenvalue weighted by molar-refractivity contribution is 9.10. The maximum atomic E-state index is 12.8. The zero-order valence-corrected chi connectivity index (χ0v) is 19.9. The van der Waals surface area contributed by atoms with E-state index in [0.717, 1.165) is 39.8 Å². The molecule has 11 heteroatoms. The molecule has 0 radical (unpaired) electrons. The number of benzene rings is 1. The van der Waals surface area contributed by atoms with Gasteiger partial charge in [-0.3, -0.25) is 9.89 Å². The van der Waals surface area contributed by atoms with Crippen LogP contribution in [0.5, 0.6) is 0 Å². The summed E-state index contributed by atoms with van der Waals surface area (Å²) < 4.78 is 0.917. The molecule has 1 aliphatic heterocycles. The Morgan fingerprint density at radius 3 is 2.50 bits per heavy atom. The Morgan fingerprint density at radius 2 is 1.83 bits per heavy atom. The van der Waals surface area contributed by atoms with Gasteiger partial charge in [0.2, 0.25) is 5.91 Å². The lowest BCUT2D eigenvalue weighted by Gasteiger charge is -2.37. The summed E-state index contributed by atoms with van der Waals surface area (Å²) in [6.07, 6.45) is 4.05. The van der Waals surface area contributed by atoms with Gasteiger partial charge in [0.25, 0.3) is 0 Å². The fourth-order valence-electron chi connectivity index (χ4n) is 3.53. The summed E-state index contributed by atoms with van der Waals surface area (Å²) in [6.45, 7) is 2.70. The highest BCUT2D eigenvalue weighted by Gasteiger charge is 2.27. The van der Waals surface area contributed by atoms with Crippen molar-refractivity contribution in [3.05, 3.63) is 51.7 Å².